The van der Waals surface area contributed by atoms with Gasteiger partial charge in [-0.15, -0.1) is 0 Å². The van der Waals surface area contributed by atoms with Gasteiger partial charge in [0, 0.05) is 6.42 Å². The van der Waals surface area contributed by atoms with E-state index < -0.39 is 5.41 Å². The first kappa shape index (κ1) is 13.6. The highest BCUT2D eigenvalue weighted by atomic mass is 16.5. The average Bonchev–Trinajstić information content (AvgIpc) is 2.57. The van der Waals surface area contributed by atoms with Gasteiger partial charge in [0.25, 0.3) is 5.91 Å². The summed E-state index contributed by atoms with van der Waals surface area (Å²) in [5, 5.41) is 13.2. The van der Waals surface area contributed by atoms with E-state index >= 15 is 0 Å². The molecular formula is C11H18N2O4. The highest BCUT2D eigenvalue weighted by Crippen LogP contribution is 2.30. The number of nitrogens with one attached hydrogen (secondary N) is 1. The van der Waals surface area contributed by atoms with Gasteiger partial charge in [0.15, 0.2) is 0 Å². The van der Waals surface area contributed by atoms with Crippen LogP contribution in [0.2, 0.25) is 0 Å². The SMILES string of the molecule is CCOC(=O)CCCC1(CO)C(=O)NN=C1C. The summed E-state index contributed by atoms with van der Waals surface area (Å²) in [6.07, 6.45) is 1.12. The Morgan fingerprint density at radius 3 is 2.76 bits per heavy atom. The number of nitrogens with zero attached hydrogens (tertiary/aromatic N) is 1. The third kappa shape index (κ3) is 2.82. The molecule has 0 aliphatic carbocycles. The topological polar surface area (TPSA) is 88.0 Å². The van der Waals surface area contributed by atoms with Crippen molar-refractivity contribution < 1.29 is 19.4 Å². The number of esters is 1. The van der Waals surface area contributed by atoms with Gasteiger partial charge < -0.3 is 9.84 Å². The number of rotatable bonds is 6. The Morgan fingerprint density at radius 2 is 2.29 bits per heavy atom. The van der Waals surface area contributed by atoms with E-state index in [1.165, 1.54) is 0 Å². The van der Waals surface area contributed by atoms with Crippen molar-refractivity contribution in [1.82, 2.24) is 5.43 Å². The summed E-state index contributed by atoms with van der Waals surface area (Å²) in [5.41, 5.74) is 1.95. The summed E-state index contributed by atoms with van der Waals surface area (Å²) in [7, 11) is 0. The van der Waals surface area contributed by atoms with E-state index in [0.717, 1.165) is 0 Å². The molecule has 0 aromatic carbocycles. The Morgan fingerprint density at radius 1 is 1.59 bits per heavy atom. The number of hydrazone groups is 1. The maximum atomic E-state index is 11.6. The van der Waals surface area contributed by atoms with Crippen LogP contribution in [0, 0.1) is 5.41 Å². The monoisotopic (exact) mass is 242 g/mol. The molecule has 0 saturated heterocycles. The minimum absolute atomic E-state index is 0.246. The quantitative estimate of drug-likeness (QED) is 0.651. The van der Waals surface area contributed by atoms with Crippen molar-refractivity contribution in [1.29, 1.82) is 0 Å². The van der Waals surface area contributed by atoms with Crippen LogP contribution in [0.3, 0.4) is 0 Å². The van der Waals surface area contributed by atoms with Crippen molar-refractivity contribution in [3.63, 3.8) is 0 Å². The molecule has 0 aromatic heterocycles. The molecule has 0 aromatic rings. The number of carbonyl (C=O) groups excluding carboxylic acids is 2. The van der Waals surface area contributed by atoms with Crippen molar-refractivity contribution in [2.75, 3.05) is 13.2 Å². The lowest BCUT2D eigenvalue weighted by Gasteiger charge is -2.23. The van der Waals surface area contributed by atoms with Gasteiger partial charge in [-0.1, -0.05) is 0 Å². The summed E-state index contributed by atoms with van der Waals surface area (Å²) in [4.78, 5) is 22.8. The number of hydrogen-bond acceptors (Lipinski definition) is 5. The van der Waals surface area contributed by atoms with Gasteiger partial charge in [0.05, 0.1) is 18.9 Å². The van der Waals surface area contributed by atoms with Crippen molar-refractivity contribution in [2.24, 2.45) is 10.5 Å². The Labute approximate surface area is 100 Å². The molecule has 1 aliphatic heterocycles. The predicted octanol–water partition coefficient (Wildman–Crippen LogP) is 0.204. The van der Waals surface area contributed by atoms with Crippen LogP contribution in [0.25, 0.3) is 0 Å². The lowest BCUT2D eigenvalue weighted by atomic mass is 9.79. The van der Waals surface area contributed by atoms with Crippen molar-refractivity contribution in [3.8, 4) is 0 Å². The molecule has 0 fully saturated rings. The molecular weight excluding hydrogens is 224 g/mol. The van der Waals surface area contributed by atoms with E-state index in [1.807, 2.05) is 0 Å². The highest BCUT2D eigenvalue weighted by molar-refractivity contribution is 6.11. The van der Waals surface area contributed by atoms with Crippen molar-refractivity contribution >= 4 is 17.6 Å². The largest absolute Gasteiger partial charge is 0.466 e. The first-order chi connectivity index (χ1) is 8.06. The number of carbonyl (C=O) groups is 2. The molecule has 17 heavy (non-hydrogen) atoms. The second-order valence-corrected chi connectivity index (χ2v) is 4.04. The lowest BCUT2D eigenvalue weighted by molar-refractivity contribution is -0.143. The smallest absolute Gasteiger partial charge is 0.305 e. The number of hydrogen-bond donors (Lipinski definition) is 2. The summed E-state index contributed by atoms with van der Waals surface area (Å²) < 4.78 is 4.79. The van der Waals surface area contributed by atoms with E-state index in [2.05, 4.69) is 10.5 Å². The number of amides is 1. The van der Waals surface area contributed by atoms with Crippen LogP contribution in [0.5, 0.6) is 0 Å². The molecule has 2 N–H and O–H groups in total. The number of aliphatic hydroxyl groups is 1. The van der Waals surface area contributed by atoms with E-state index in [0.29, 0.717) is 25.2 Å². The maximum absolute atomic E-state index is 11.6. The van der Waals surface area contributed by atoms with Crippen LogP contribution in [0.1, 0.15) is 33.1 Å². The Kier molecular flexibility index (Phi) is 4.62. The lowest BCUT2D eigenvalue weighted by Crippen LogP contribution is -2.40. The molecule has 6 nitrogen and oxygen atoms in total. The van der Waals surface area contributed by atoms with Gasteiger partial charge >= 0.3 is 5.97 Å². The van der Waals surface area contributed by atoms with E-state index in [4.69, 9.17) is 4.74 Å². The van der Waals surface area contributed by atoms with Gasteiger partial charge in [-0.2, -0.15) is 5.10 Å². The van der Waals surface area contributed by atoms with Crippen LogP contribution in [0.4, 0.5) is 0 Å². The van der Waals surface area contributed by atoms with E-state index in [9.17, 15) is 14.7 Å². The molecule has 0 bridgehead atoms. The molecule has 96 valence electrons. The zero-order valence-corrected chi connectivity index (χ0v) is 10.2. The Balaban J connectivity index is 2.51. The second-order valence-electron chi connectivity index (χ2n) is 4.04. The Bertz CT molecular complexity index is 340. The van der Waals surface area contributed by atoms with Gasteiger partial charge in [-0.3, -0.25) is 9.59 Å². The van der Waals surface area contributed by atoms with Crippen LogP contribution in [-0.4, -0.2) is 35.9 Å². The van der Waals surface area contributed by atoms with Gasteiger partial charge in [0.2, 0.25) is 0 Å². The van der Waals surface area contributed by atoms with Gasteiger partial charge in [-0.25, -0.2) is 5.43 Å². The molecule has 1 atom stereocenters. The third-order valence-electron chi connectivity index (χ3n) is 3.01. The van der Waals surface area contributed by atoms with Gasteiger partial charge in [0.1, 0.15) is 5.41 Å². The zero-order valence-electron chi connectivity index (χ0n) is 10.2. The summed E-state index contributed by atoms with van der Waals surface area (Å²) in [6, 6.07) is 0. The van der Waals surface area contributed by atoms with Crippen molar-refractivity contribution in [3.05, 3.63) is 0 Å². The minimum atomic E-state index is -0.966. The normalized spacial score (nSPS) is 23.2. The molecule has 1 heterocycles. The minimum Gasteiger partial charge on any atom is -0.466 e. The molecule has 6 heteroatoms. The molecule has 0 radical (unpaired) electrons. The fourth-order valence-corrected chi connectivity index (χ4v) is 1.84. The first-order valence-electron chi connectivity index (χ1n) is 5.68. The first-order valence-corrected chi connectivity index (χ1v) is 5.68. The summed E-state index contributed by atoms with van der Waals surface area (Å²) in [5.74, 6) is -0.588. The standard InChI is InChI=1S/C11H18N2O4/c1-3-17-9(15)5-4-6-11(7-14)8(2)12-13-10(11)16/h14H,3-7H2,1-2H3,(H,13,16). The molecule has 0 saturated carbocycles. The zero-order chi connectivity index (χ0) is 12.9. The predicted molar refractivity (Wildman–Crippen MR) is 61.3 cm³/mol. The van der Waals surface area contributed by atoms with Crippen molar-refractivity contribution in [2.45, 2.75) is 33.1 Å². The third-order valence-corrected chi connectivity index (χ3v) is 3.01. The van der Waals surface area contributed by atoms with Crippen LogP contribution in [0.15, 0.2) is 5.10 Å². The Hall–Kier alpha value is -1.43. The summed E-state index contributed by atoms with van der Waals surface area (Å²) >= 11 is 0. The fourth-order valence-electron chi connectivity index (χ4n) is 1.84. The molecule has 1 unspecified atom stereocenters. The van der Waals surface area contributed by atoms with Crippen LogP contribution >= 0.6 is 0 Å². The second kappa shape index (κ2) is 5.77. The van der Waals surface area contributed by atoms with E-state index in [1.54, 1.807) is 13.8 Å². The van der Waals surface area contributed by atoms with E-state index in [-0.39, 0.29) is 24.9 Å². The molecule has 1 amide bonds. The number of ether oxygens (including phenoxy) is 1. The number of aliphatic hydroxyl groups excluding tert-OH is 1. The van der Waals surface area contributed by atoms with Crippen LogP contribution in [-0.2, 0) is 14.3 Å². The van der Waals surface area contributed by atoms with Crippen LogP contribution < -0.4 is 5.43 Å². The van der Waals surface area contributed by atoms with Gasteiger partial charge in [-0.05, 0) is 26.7 Å². The molecule has 1 aliphatic rings. The summed E-state index contributed by atoms with van der Waals surface area (Å²) in [6.45, 7) is 3.49. The highest BCUT2D eigenvalue weighted by Gasteiger charge is 2.44. The fraction of sp³-hybridized carbons (Fsp3) is 0.727. The average molecular weight is 242 g/mol. The maximum Gasteiger partial charge on any atom is 0.305 e. The molecule has 1 rings (SSSR count). The molecule has 0 spiro atoms.